The number of hydrogen-bond donors (Lipinski definition) is 0. The maximum absolute atomic E-state index is 4.26. The predicted octanol–water partition coefficient (Wildman–Crippen LogP) is 0.995. The van der Waals surface area contributed by atoms with Crippen molar-refractivity contribution in [1.82, 2.24) is 9.97 Å². The van der Waals surface area contributed by atoms with Crippen LogP contribution in [0.2, 0.25) is 0 Å². The fraction of sp³-hybridized carbons (Fsp3) is 0.500. The Labute approximate surface area is 66.1 Å². The summed E-state index contributed by atoms with van der Waals surface area (Å²) in [5, 5.41) is 0. The zero-order chi connectivity index (χ0) is 7.68. The van der Waals surface area contributed by atoms with Gasteiger partial charge in [-0.25, -0.2) is 4.98 Å². The van der Waals surface area contributed by atoms with Crippen molar-refractivity contribution in [2.75, 3.05) is 18.0 Å². The molecule has 1 aliphatic rings. The van der Waals surface area contributed by atoms with Gasteiger partial charge in [0, 0.05) is 25.5 Å². The summed E-state index contributed by atoms with van der Waals surface area (Å²) >= 11 is 0. The maximum Gasteiger partial charge on any atom is 0.150 e. The number of anilines is 1. The van der Waals surface area contributed by atoms with Crippen LogP contribution < -0.4 is 4.90 Å². The molecule has 3 nitrogen and oxygen atoms in total. The van der Waals surface area contributed by atoms with Gasteiger partial charge in [0.25, 0.3) is 0 Å². The van der Waals surface area contributed by atoms with Crippen molar-refractivity contribution in [2.45, 2.75) is 13.3 Å². The first kappa shape index (κ1) is 6.58. The van der Waals surface area contributed by atoms with E-state index in [0.717, 1.165) is 24.6 Å². The first-order valence-corrected chi connectivity index (χ1v) is 3.90. The second kappa shape index (κ2) is 2.49. The summed E-state index contributed by atoms with van der Waals surface area (Å²) in [6.07, 6.45) is 4.77. The summed E-state index contributed by atoms with van der Waals surface area (Å²) in [6, 6.07) is 0. The molecule has 1 fully saturated rings. The van der Waals surface area contributed by atoms with Crippen LogP contribution in [0, 0.1) is 6.92 Å². The topological polar surface area (TPSA) is 29.0 Å². The van der Waals surface area contributed by atoms with E-state index in [4.69, 9.17) is 0 Å². The van der Waals surface area contributed by atoms with E-state index < -0.39 is 0 Å². The van der Waals surface area contributed by atoms with Gasteiger partial charge in [-0.3, -0.25) is 4.98 Å². The zero-order valence-electron chi connectivity index (χ0n) is 6.62. The summed E-state index contributed by atoms with van der Waals surface area (Å²) in [5.41, 5.74) is 1.03. The van der Waals surface area contributed by atoms with Gasteiger partial charge in [0.05, 0.1) is 5.69 Å². The standard InChI is InChI=1S/C8H11N3/c1-7-8(10-4-3-9-7)11-5-2-6-11/h3-4H,2,5-6H2,1H3. The van der Waals surface area contributed by atoms with Crippen molar-refractivity contribution in [3.63, 3.8) is 0 Å². The Morgan fingerprint density at radius 2 is 2.00 bits per heavy atom. The molecule has 2 rings (SSSR count). The van der Waals surface area contributed by atoms with E-state index in [1.165, 1.54) is 6.42 Å². The summed E-state index contributed by atoms with van der Waals surface area (Å²) in [4.78, 5) is 10.7. The minimum absolute atomic E-state index is 1.03. The summed E-state index contributed by atoms with van der Waals surface area (Å²) in [7, 11) is 0. The van der Waals surface area contributed by atoms with E-state index >= 15 is 0 Å². The Balaban J connectivity index is 2.28. The molecule has 1 aliphatic heterocycles. The van der Waals surface area contributed by atoms with Gasteiger partial charge in [0.1, 0.15) is 5.82 Å². The Morgan fingerprint density at radius 3 is 2.55 bits per heavy atom. The summed E-state index contributed by atoms with van der Waals surface area (Å²) in [6.45, 7) is 4.28. The van der Waals surface area contributed by atoms with E-state index in [-0.39, 0.29) is 0 Å². The highest BCUT2D eigenvalue weighted by molar-refractivity contribution is 5.44. The second-order valence-corrected chi connectivity index (χ2v) is 2.81. The zero-order valence-corrected chi connectivity index (χ0v) is 6.62. The molecule has 0 spiro atoms. The minimum Gasteiger partial charge on any atom is -0.355 e. The number of aryl methyl sites for hydroxylation is 1. The van der Waals surface area contributed by atoms with Gasteiger partial charge in [-0.2, -0.15) is 0 Å². The molecule has 0 amide bonds. The van der Waals surface area contributed by atoms with Gasteiger partial charge < -0.3 is 4.90 Å². The second-order valence-electron chi connectivity index (χ2n) is 2.81. The largest absolute Gasteiger partial charge is 0.355 e. The predicted molar refractivity (Wildman–Crippen MR) is 43.6 cm³/mol. The maximum atomic E-state index is 4.26. The molecule has 0 radical (unpaired) electrons. The Bertz CT molecular complexity index is 255. The normalized spacial score (nSPS) is 16.3. The molecule has 0 N–H and O–H groups in total. The van der Waals surface area contributed by atoms with Gasteiger partial charge in [-0.05, 0) is 13.3 Å². The Kier molecular flexibility index (Phi) is 1.49. The molecule has 0 atom stereocenters. The average molecular weight is 149 g/mol. The first-order valence-electron chi connectivity index (χ1n) is 3.90. The molecule has 3 heteroatoms. The number of aromatic nitrogens is 2. The van der Waals surface area contributed by atoms with Crippen molar-refractivity contribution in [1.29, 1.82) is 0 Å². The molecule has 11 heavy (non-hydrogen) atoms. The lowest BCUT2D eigenvalue weighted by atomic mass is 10.2. The van der Waals surface area contributed by atoms with Crippen molar-refractivity contribution < 1.29 is 0 Å². The smallest absolute Gasteiger partial charge is 0.150 e. The Morgan fingerprint density at radius 1 is 1.27 bits per heavy atom. The van der Waals surface area contributed by atoms with Crippen molar-refractivity contribution in [2.24, 2.45) is 0 Å². The van der Waals surface area contributed by atoms with Crippen LogP contribution in [-0.2, 0) is 0 Å². The van der Waals surface area contributed by atoms with Crippen LogP contribution in [0.15, 0.2) is 12.4 Å². The van der Waals surface area contributed by atoms with Crippen LogP contribution in [-0.4, -0.2) is 23.1 Å². The summed E-state index contributed by atoms with van der Waals surface area (Å²) < 4.78 is 0. The monoisotopic (exact) mass is 149 g/mol. The van der Waals surface area contributed by atoms with E-state index in [0.29, 0.717) is 0 Å². The van der Waals surface area contributed by atoms with Gasteiger partial charge in [0.2, 0.25) is 0 Å². The SMILES string of the molecule is Cc1nccnc1N1CCC1. The average Bonchev–Trinajstić information content (AvgIpc) is 1.90. The number of hydrogen-bond acceptors (Lipinski definition) is 3. The fourth-order valence-electron chi connectivity index (χ4n) is 1.24. The van der Waals surface area contributed by atoms with Crippen LogP contribution in [0.4, 0.5) is 5.82 Å². The lowest BCUT2D eigenvalue weighted by molar-refractivity contribution is 0.606. The van der Waals surface area contributed by atoms with Crippen molar-refractivity contribution >= 4 is 5.82 Å². The summed E-state index contributed by atoms with van der Waals surface area (Å²) in [5.74, 6) is 1.05. The van der Waals surface area contributed by atoms with Crippen molar-refractivity contribution in [3.05, 3.63) is 18.1 Å². The van der Waals surface area contributed by atoms with E-state index in [1.807, 2.05) is 6.92 Å². The third-order valence-electron chi connectivity index (χ3n) is 2.01. The Hall–Kier alpha value is -1.12. The van der Waals surface area contributed by atoms with Crippen LogP contribution in [0.1, 0.15) is 12.1 Å². The van der Waals surface area contributed by atoms with E-state index in [1.54, 1.807) is 12.4 Å². The van der Waals surface area contributed by atoms with Crippen LogP contribution in [0.3, 0.4) is 0 Å². The van der Waals surface area contributed by atoms with Crippen molar-refractivity contribution in [3.8, 4) is 0 Å². The van der Waals surface area contributed by atoms with E-state index in [9.17, 15) is 0 Å². The van der Waals surface area contributed by atoms with E-state index in [2.05, 4.69) is 14.9 Å². The van der Waals surface area contributed by atoms with Gasteiger partial charge in [-0.1, -0.05) is 0 Å². The fourth-order valence-corrected chi connectivity index (χ4v) is 1.24. The van der Waals surface area contributed by atoms with Crippen LogP contribution in [0.5, 0.6) is 0 Å². The van der Waals surface area contributed by atoms with Gasteiger partial charge in [0.15, 0.2) is 0 Å². The molecular weight excluding hydrogens is 138 g/mol. The molecule has 0 unspecified atom stereocenters. The molecule has 0 aliphatic carbocycles. The molecule has 0 bridgehead atoms. The molecule has 0 aromatic carbocycles. The third kappa shape index (κ3) is 1.06. The first-order chi connectivity index (χ1) is 5.38. The van der Waals surface area contributed by atoms with Gasteiger partial charge in [-0.15, -0.1) is 0 Å². The molecule has 58 valence electrons. The minimum atomic E-state index is 1.03. The molecule has 1 saturated heterocycles. The third-order valence-corrected chi connectivity index (χ3v) is 2.01. The highest BCUT2D eigenvalue weighted by atomic mass is 15.2. The van der Waals surface area contributed by atoms with Crippen LogP contribution in [0.25, 0.3) is 0 Å². The molecule has 1 aromatic rings. The lowest BCUT2D eigenvalue weighted by Gasteiger charge is -2.32. The molecule has 2 heterocycles. The highest BCUT2D eigenvalue weighted by Gasteiger charge is 2.17. The lowest BCUT2D eigenvalue weighted by Crippen LogP contribution is -2.38. The quantitative estimate of drug-likeness (QED) is 0.596. The molecule has 0 saturated carbocycles. The molecular formula is C8H11N3. The highest BCUT2D eigenvalue weighted by Crippen LogP contribution is 2.19. The van der Waals surface area contributed by atoms with Gasteiger partial charge >= 0.3 is 0 Å². The van der Waals surface area contributed by atoms with Crippen LogP contribution >= 0.6 is 0 Å². The molecule has 1 aromatic heterocycles. The number of rotatable bonds is 1. The number of nitrogens with zero attached hydrogens (tertiary/aromatic N) is 3.